The van der Waals surface area contributed by atoms with Crippen LogP contribution in [0.15, 0.2) is 18.3 Å². The number of ether oxygens (including phenoxy) is 2. The molecule has 10 nitrogen and oxygen atoms in total. The lowest BCUT2D eigenvalue weighted by molar-refractivity contribution is -0.389. The summed E-state index contributed by atoms with van der Waals surface area (Å²) in [6.45, 7) is 5.67. The lowest BCUT2D eigenvalue weighted by atomic mass is 10.1. The molecule has 0 aromatic carbocycles. The van der Waals surface area contributed by atoms with Gasteiger partial charge in [0.05, 0.1) is 36.8 Å². The van der Waals surface area contributed by atoms with Crippen LogP contribution >= 0.6 is 0 Å². The summed E-state index contributed by atoms with van der Waals surface area (Å²) in [6, 6.07) is 1.72. The fourth-order valence-corrected chi connectivity index (χ4v) is 3.77. The second-order valence-electron chi connectivity index (χ2n) is 7.92. The molecule has 3 heterocycles. The van der Waals surface area contributed by atoms with Crippen molar-refractivity contribution in [3.63, 3.8) is 0 Å². The molecular formula is C17H20N4O6. The van der Waals surface area contributed by atoms with Crippen molar-refractivity contribution in [3.05, 3.63) is 28.4 Å². The molecule has 2 bridgehead atoms. The predicted molar refractivity (Wildman–Crippen MR) is 92.2 cm³/mol. The Morgan fingerprint density at radius 2 is 2.11 bits per heavy atom. The molecule has 1 aromatic heterocycles. The summed E-state index contributed by atoms with van der Waals surface area (Å²) in [5, 5.41) is 10.8. The molecule has 3 aliphatic rings. The number of hydrogen-bond donors (Lipinski definition) is 0. The number of anilines is 1. The summed E-state index contributed by atoms with van der Waals surface area (Å²) >= 11 is 0. The molecule has 0 N–H and O–H groups in total. The van der Waals surface area contributed by atoms with Crippen molar-refractivity contribution in [3.8, 4) is 0 Å². The van der Waals surface area contributed by atoms with E-state index in [1.54, 1.807) is 30.6 Å². The number of nitrogens with zero attached hydrogens (tertiary/aromatic N) is 4. The Labute approximate surface area is 155 Å². The maximum atomic E-state index is 12.8. The summed E-state index contributed by atoms with van der Waals surface area (Å²) < 4.78 is 11.3. The van der Waals surface area contributed by atoms with E-state index in [1.165, 1.54) is 18.3 Å². The van der Waals surface area contributed by atoms with Gasteiger partial charge in [-0.3, -0.25) is 9.69 Å². The van der Waals surface area contributed by atoms with Crippen molar-refractivity contribution >= 4 is 23.5 Å². The Bertz CT molecular complexity index is 805. The van der Waals surface area contributed by atoms with Gasteiger partial charge < -0.3 is 24.5 Å². The second-order valence-corrected chi connectivity index (χ2v) is 7.92. The number of pyridine rings is 1. The number of carbonyl (C=O) groups is 2. The van der Waals surface area contributed by atoms with Crippen LogP contribution in [-0.4, -0.2) is 63.2 Å². The molecule has 4 atom stereocenters. The number of aromatic nitrogens is 1. The number of amides is 2. The van der Waals surface area contributed by atoms with Gasteiger partial charge in [-0.15, -0.1) is 0 Å². The minimum Gasteiger partial charge on any atom is -0.444 e. The summed E-state index contributed by atoms with van der Waals surface area (Å²) in [6.07, 6.45) is 0.649. The van der Waals surface area contributed by atoms with E-state index >= 15 is 0 Å². The van der Waals surface area contributed by atoms with Crippen LogP contribution in [-0.2, 0) is 14.3 Å². The third-order valence-corrected chi connectivity index (χ3v) is 4.86. The van der Waals surface area contributed by atoms with E-state index in [4.69, 9.17) is 9.47 Å². The average molecular weight is 376 g/mol. The molecule has 1 saturated carbocycles. The molecule has 2 amide bonds. The van der Waals surface area contributed by atoms with Crippen molar-refractivity contribution in [1.82, 2.24) is 9.88 Å². The highest BCUT2D eigenvalue weighted by atomic mass is 16.6. The lowest BCUT2D eigenvalue weighted by Gasteiger charge is -2.35. The molecular weight excluding hydrogens is 356 g/mol. The molecule has 2 aliphatic heterocycles. The van der Waals surface area contributed by atoms with Gasteiger partial charge in [-0.25, -0.2) is 4.79 Å². The van der Waals surface area contributed by atoms with E-state index in [-0.39, 0.29) is 42.9 Å². The van der Waals surface area contributed by atoms with Gasteiger partial charge in [-0.05, 0) is 36.7 Å². The summed E-state index contributed by atoms with van der Waals surface area (Å²) in [5.41, 5.74) is -0.182. The Kier molecular flexibility index (Phi) is 3.84. The Morgan fingerprint density at radius 3 is 2.70 bits per heavy atom. The van der Waals surface area contributed by atoms with E-state index < -0.39 is 22.7 Å². The normalized spacial score (nSPS) is 29.2. The Balaban J connectivity index is 1.62. The fraction of sp³-hybridized carbons (Fsp3) is 0.588. The van der Waals surface area contributed by atoms with Crippen LogP contribution in [0, 0.1) is 10.1 Å². The first kappa shape index (κ1) is 17.7. The molecule has 1 aromatic rings. The lowest BCUT2D eigenvalue weighted by Crippen LogP contribution is -2.51. The van der Waals surface area contributed by atoms with Crippen LogP contribution < -0.4 is 4.90 Å². The number of fused-ring (bicyclic) bond motifs is 2. The summed E-state index contributed by atoms with van der Waals surface area (Å²) in [5.74, 6) is -0.455. The second kappa shape index (κ2) is 5.88. The van der Waals surface area contributed by atoms with E-state index in [9.17, 15) is 19.7 Å². The number of carbonyl (C=O) groups excluding carboxylic acids is 2. The number of hydrogen-bond acceptors (Lipinski definition) is 7. The SMILES string of the molecule is CC(C)(C)OC(=O)N1C2COC3C(C31)N(c1ccc([N+](=O)[O-])nc1)C(=O)C2. The first-order chi connectivity index (χ1) is 12.7. The van der Waals surface area contributed by atoms with Gasteiger partial charge in [0.1, 0.15) is 11.7 Å². The van der Waals surface area contributed by atoms with E-state index in [0.717, 1.165) is 0 Å². The number of nitro groups is 1. The van der Waals surface area contributed by atoms with Gasteiger partial charge >= 0.3 is 11.9 Å². The third-order valence-electron chi connectivity index (χ3n) is 4.86. The average Bonchev–Trinajstić information content (AvgIpc) is 3.27. The molecule has 4 rings (SSSR count). The Hall–Kier alpha value is -2.75. The highest BCUT2D eigenvalue weighted by Gasteiger charge is 2.67. The maximum absolute atomic E-state index is 12.8. The molecule has 3 fully saturated rings. The van der Waals surface area contributed by atoms with Gasteiger partial charge in [0.15, 0.2) is 6.20 Å². The quantitative estimate of drug-likeness (QED) is 0.567. The predicted octanol–water partition coefficient (Wildman–Crippen LogP) is 1.48. The summed E-state index contributed by atoms with van der Waals surface area (Å²) in [4.78, 5) is 42.7. The van der Waals surface area contributed by atoms with Crippen molar-refractivity contribution in [1.29, 1.82) is 0 Å². The van der Waals surface area contributed by atoms with Crippen LogP contribution in [0.2, 0.25) is 0 Å². The third kappa shape index (κ3) is 2.99. The molecule has 10 heteroatoms. The van der Waals surface area contributed by atoms with Gasteiger partial charge in [0.2, 0.25) is 5.91 Å². The molecule has 0 radical (unpaired) electrons. The number of morpholine rings is 1. The maximum Gasteiger partial charge on any atom is 0.411 e. The Morgan fingerprint density at radius 1 is 1.37 bits per heavy atom. The highest BCUT2D eigenvalue weighted by molar-refractivity contribution is 5.96. The smallest absolute Gasteiger partial charge is 0.411 e. The fourth-order valence-electron chi connectivity index (χ4n) is 3.77. The molecule has 0 spiro atoms. The van der Waals surface area contributed by atoms with E-state index in [0.29, 0.717) is 5.69 Å². The first-order valence-corrected chi connectivity index (χ1v) is 8.73. The topological polar surface area (TPSA) is 115 Å². The largest absolute Gasteiger partial charge is 0.444 e. The van der Waals surface area contributed by atoms with Gasteiger partial charge in [-0.2, -0.15) is 0 Å². The van der Waals surface area contributed by atoms with Crippen molar-refractivity contribution < 1.29 is 24.0 Å². The number of rotatable bonds is 2. The van der Waals surface area contributed by atoms with Crippen LogP contribution in [0.4, 0.5) is 16.3 Å². The van der Waals surface area contributed by atoms with Crippen LogP contribution in [0.5, 0.6) is 0 Å². The molecule has 1 aliphatic carbocycles. The van der Waals surface area contributed by atoms with Gasteiger partial charge in [0.25, 0.3) is 0 Å². The standard InChI is InChI=1S/C17H20N4O6/c1-17(2,3)27-16(23)20-10-6-12(22)19(13-14(20)15(13)26-8-10)9-4-5-11(18-7-9)21(24)25/h4-5,7,10,13-15H,6,8H2,1-3H3. The van der Waals surface area contributed by atoms with E-state index in [2.05, 4.69) is 4.98 Å². The molecule has 27 heavy (non-hydrogen) atoms. The highest BCUT2D eigenvalue weighted by Crippen LogP contribution is 2.47. The molecule has 144 valence electrons. The zero-order valence-electron chi connectivity index (χ0n) is 15.2. The zero-order chi connectivity index (χ0) is 19.5. The summed E-state index contributed by atoms with van der Waals surface area (Å²) in [7, 11) is 0. The van der Waals surface area contributed by atoms with Crippen LogP contribution in [0.3, 0.4) is 0 Å². The monoisotopic (exact) mass is 376 g/mol. The zero-order valence-corrected chi connectivity index (χ0v) is 15.2. The van der Waals surface area contributed by atoms with Crippen molar-refractivity contribution in [2.45, 2.75) is 57.0 Å². The van der Waals surface area contributed by atoms with Crippen molar-refractivity contribution in [2.24, 2.45) is 0 Å². The van der Waals surface area contributed by atoms with Crippen LogP contribution in [0.1, 0.15) is 27.2 Å². The minimum atomic E-state index is -0.639. The van der Waals surface area contributed by atoms with Crippen LogP contribution in [0.25, 0.3) is 0 Å². The van der Waals surface area contributed by atoms with Gasteiger partial charge in [-0.1, -0.05) is 0 Å². The minimum absolute atomic E-state index is 0.0932. The molecule has 4 unspecified atom stereocenters. The van der Waals surface area contributed by atoms with Gasteiger partial charge in [0, 0.05) is 6.07 Å². The molecule has 2 saturated heterocycles. The first-order valence-electron chi connectivity index (χ1n) is 8.73. The van der Waals surface area contributed by atoms with Crippen molar-refractivity contribution in [2.75, 3.05) is 11.5 Å². The van der Waals surface area contributed by atoms with E-state index in [1.807, 2.05) is 0 Å².